The summed E-state index contributed by atoms with van der Waals surface area (Å²) in [7, 11) is 0. The molecule has 114 valence electrons. The van der Waals surface area contributed by atoms with Crippen LogP contribution in [0.4, 0.5) is 0 Å². The van der Waals surface area contributed by atoms with Gasteiger partial charge in [0.05, 0.1) is 0 Å². The van der Waals surface area contributed by atoms with E-state index < -0.39 is 17.4 Å². The van der Waals surface area contributed by atoms with Crippen LogP contribution >= 0.6 is 11.6 Å². The zero-order valence-electron chi connectivity index (χ0n) is 11.9. The van der Waals surface area contributed by atoms with E-state index in [0.29, 0.717) is 10.9 Å². The van der Waals surface area contributed by atoms with E-state index in [2.05, 4.69) is 0 Å². The predicted molar refractivity (Wildman–Crippen MR) is 79.9 cm³/mol. The van der Waals surface area contributed by atoms with Crippen molar-refractivity contribution in [1.29, 1.82) is 0 Å². The Morgan fingerprint density at radius 2 is 1.71 bits per heavy atom. The van der Waals surface area contributed by atoms with Crippen LogP contribution in [0, 0.1) is 0 Å². The molecular weight excluding hydrogens is 292 g/mol. The van der Waals surface area contributed by atoms with Crippen LogP contribution in [-0.4, -0.2) is 22.2 Å². The van der Waals surface area contributed by atoms with Gasteiger partial charge in [0, 0.05) is 5.02 Å². The molecule has 21 heavy (non-hydrogen) atoms. The van der Waals surface area contributed by atoms with Crippen molar-refractivity contribution < 1.29 is 19.8 Å². The summed E-state index contributed by atoms with van der Waals surface area (Å²) < 4.78 is 0. The molecule has 0 heterocycles. The van der Waals surface area contributed by atoms with E-state index in [1.54, 1.807) is 12.1 Å². The van der Waals surface area contributed by atoms with Gasteiger partial charge in [-0.2, -0.15) is 0 Å². The fraction of sp³-hybridized carbons (Fsp3) is 0.500. The predicted octanol–water partition coefficient (Wildman–Crippen LogP) is 3.81. The lowest BCUT2D eigenvalue weighted by Crippen LogP contribution is -2.40. The van der Waals surface area contributed by atoms with Crippen molar-refractivity contribution in [3.05, 3.63) is 34.3 Å². The van der Waals surface area contributed by atoms with Gasteiger partial charge >= 0.3 is 11.9 Å². The highest BCUT2D eigenvalue weighted by Gasteiger charge is 2.43. The summed E-state index contributed by atoms with van der Waals surface area (Å²) in [5.74, 6) is -2.39. The lowest BCUT2D eigenvalue weighted by atomic mass is 9.79. The topological polar surface area (TPSA) is 74.6 Å². The third-order valence-corrected chi connectivity index (χ3v) is 4.81. The summed E-state index contributed by atoms with van der Waals surface area (Å²) in [6.07, 6.45) is 5.74. The average Bonchev–Trinajstić information content (AvgIpc) is 2.46. The molecule has 0 radical (unpaired) electrons. The Labute approximate surface area is 128 Å². The molecule has 0 amide bonds. The number of aliphatic carboxylic acids is 2. The molecule has 1 aromatic carbocycles. The molecule has 5 heteroatoms. The summed E-state index contributed by atoms with van der Waals surface area (Å²) in [6.45, 7) is 1.18. The van der Waals surface area contributed by atoms with Gasteiger partial charge in [0.25, 0.3) is 0 Å². The second kappa shape index (κ2) is 6.06. The zero-order chi connectivity index (χ0) is 15.6. The number of carboxylic acids is 2. The minimum Gasteiger partial charge on any atom is -0.480 e. The van der Waals surface area contributed by atoms with Crippen molar-refractivity contribution in [2.24, 2.45) is 0 Å². The normalized spacial score (nSPS) is 16.7. The minimum atomic E-state index is -1.98. The van der Waals surface area contributed by atoms with Gasteiger partial charge < -0.3 is 10.2 Å². The smallest absolute Gasteiger partial charge is 0.325 e. The van der Waals surface area contributed by atoms with Gasteiger partial charge in [0.2, 0.25) is 0 Å². The Morgan fingerprint density at radius 1 is 1.14 bits per heavy atom. The number of halogens is 1. The first-order valence-corrected chi connectivity index (χ1v) is 7.52. The van der Waals surface area contributed by atoms with Crippen molar-refractivity contribution in [3.8, 4) is 0 Å². The van der Waals surface area contributed by atoms with Crippen molar-refractivity contribution >= 4 is 23.5 Å². The second-order valence-electron chi connectivity index (χ2n) is 5.81. The van der Waals surface area contributed by atoms with E-state index >= 15 is 0 Å². The fourth-order valence-corrected chi connectivity index (χ4v) is 3.26. The van der Waals surface area contributed by atoms with Crippen LogP contribution in [0.25, 0.3) is 0 Å². The van der Waals surface area contributed by atoms with Crippen molar-refractivity contribution in [1.82, 2.24) is 0 Å². The molecule has 2 N–H and O–H groups in total. The van der Waals surface area contributed by atoms with Crippen LogP contribution in [0.3, 0.4) is 0 Å². The summed E-state index contributed by atoms with van der Waals surface area (Å²) in [4.78, 5) is 22.7. The number of rotatable bonds is 4. The maximum Gasteiger partial charge on any atom is 0.325 e. The number of carboxylic acid groups (broad SMARTS) is 2. The maximum absolute atomic E-state index is 11.3. The molecule has 1 saturated carbocycles. The molecule has 1 fully saturated rings. The van der Waals surface area contributed by atoms with Gasteiger partial charge in [-0.05, 0) is 42.9 Å². The van der Waals surface area contributed by atoms with Gasteiger partial charge in [0.1, 0.15) is 0 Å². The van der Waals surface area contributed by atoms with Crippen molar-refractivity contribution in [2.75, 3.05) is 0 Å². The Morgan fingerprint density at radius 3 is 2.19 bits per heavy atom. The van der Waals surface area contributed by atoms with Gasteiger partial charge in [-0.15, -0.1) is 0 Å². The van der Waals surface area contributed by atoms with Crippen LogP contribution in [0.5, 0.6) is 0 Å². The third kappa shape index (κ3) is 2.91. The van der Waals surface area contributed by atoms with Crippen molar-refractivity contribution in [2.45, 2.75) is 50.4 Å². The summed E-state index contributed by atoms with van der Waals surface area (Å²) >= 11 is 6.29. The van der Waals surface area contributed by atoms with E-state index in [4.69, 9.17) is 11.6 Å². The van der Waals surface area contributed by atoms with Crippen LogP contribution in [0.1, 0.15) is 56.1 Å². The molecular formula is C16H19ClO4. The standard InChI is InChI=1S/C16H19ClO4/c1-16(14(18)19,15(20)21)11-7-8-12(13(17)9-11)10-5-3-2-4-6-10/h7-10H,2-6H2,1H3,(H,18,19)(H,20,21). The van der Waals surface area contributed by atoms with Crippen molar-refractivity contribution in [3.63, 3.8) is 0 Å². The zero-order valence-corrected chi connectivity index (χ0v) is 12.7. The lowest BCUT2D eigenvalue weighted by Gasteiger charge is -2.25. The molecule has 2 rings (SSSR count). The molecule has 4 nitrogen and oxygen atoms in total. The van der Waals surface area contributed by atoms with Gasteiger partial charge in [-0.1, -0.05) is 43.0 Å². The molecule has 1 aliphatic rings. The quantitative estimate of drug-likeness (QED) is 0.829. The van der Waals surface area contributed by atoms with E-state index in [9.17, 15) is 19.8 Å². The summed E-state index contributed by atoms with van der Waals surface area (Å²) in [5.41, 5.74) is -0.778. The van der Waals surface area contributed by atoms with Gasteiger partial charge in [-0.3, -0.25) is 9.59 Å². The first-order valence-electron chi connectivity index (χ1n) is 7.14. The van der Waals surface area contributed by atoms with E-state index in [1.165, 1.54) is 32.3 Å². The first kappa shape index (κ1) is 15.8. The highest BCUT2D eigenvalue weighted by atomic mass is 35.5. The minimum absolute atomic E-state index is 0.201. The Balaban J connectivity index is 2.38. The molecule has 0 saturated heterocycles. The van der Waals surface area contributed by atoms with E-state index in [0.717, 1.165) is 18.4 Å². The molecule has 0 unspecified atom stereocenters. The molecule has 0 atom stereocenters. The average molecular weight is 311 g/mol. The molecule has 0 spiro atoms. The highest BCUT2D eigenvalue weighted by molar-refractivity contribution is 6.31. The largest absolute Gasteiger partial charge is 0.480 e. The van der Waals surface area contributed by atoms with Crippen LogP contribution in [-0.2, 0) is 15.0 Å². The maximum atomic E-state index is 11.3. The van der Waals surface area contributed by atoms with E-state index in [1.807, 2.05) is 0 Å². The molecule has 1 aromatic rings. The van der Waals surface area contributed by atoms with Crippen LogP contribution < -0.4 is 0 Å². The van der Waals surface area contributed by atoms with E-state index in [-0.39, 0.29) is 5.56 Å². The summed E-state index contributed by atoms with van der Waals surface area (Å²) in [5, 5.41) is 18.9. The number of hydrogen-bond donors (Lipinski definition) is 2. The molecule has 0 aromatic heterocycles. The fourth-order valence-electron chi connectivity index (χ4n) is 2.92. The Bertz CT molecular complexity index is 547. The number of carbonyl (C=O) groups is 2. The van der Waals surface area contributed by atoms with Crippen LogP contribution in [0.2, 0.25) is 5.02 Å². The van der Waals surface area contributed by atoms with Crippen LogP contribution in [0.15, 0.2) is 18.2 Å². The Hall–Kier alpha value is -1.55. The SMILES string of the molecule is CC(C(=O)O)(C(=O)O)c1ccc(C2CCCCC2)c(Cl)c1. The monoisotopic (exact) mass is 310 g/mol. The Kier molecular flexibility index (Phi) is 4.57. The number of benzene rings is 1. The van der Waals surface area contributed by atoms with Gasteiger partial charge in [-0.25, -0.2) is 0 Å². The molecule has 1 aliphatic carbocycles. The third-order valence-electron chi connectivity index (χ3n) is 4.48. The molecule has 0 bridgehead atoms. The first-order chi connectivity index (χ1) is 9.87. The van der Waals surface area contributed by atoms with Gasteiger partial charge in [0.15, 0.2) is 5.41 Å². The summed E-state index contributed by atoms with van der Waals surface area (Å²) in [6, 6.07) is 4.86. The molecule has 0 aliphatic heterocycles. The lowest BCUT2D eigenvalue weighted by molar-refractivity contribution is -0.156. The highest BCUT2D eigenvalue weighted by Crippen LogP contribution is 2.38. The second-order valence-corrected chi connectivity index (χ2v) is 6.21. The number of hydrogen-bond acceptors (Lipinski definition) is 2.